The van der Waals surface area contributed by atoms with Crippen LogP contribution in [0.4, 0.5) is 4.79 Å². The molecule has 0 fully saturated rings. The van der Waals surface area contributed by atoms with Gasteiger partial charge in [-0.25, -0.2) is 9.52 Å². The molecule has 7 nitrogen and oxygen atoms in total. The summed E-state index contributed by atoms with van der Waals surface area (Å²) in [5.41, 5.74) is 3.15. The highest BCUT2D eigenvalue weighted by molar-refractivity contribution is 7.88. The number of carbonyl (C=O) groups excluding carboxylic acids is 1. The first-order valence-electron chi connectivity index (χ1n) is 8.26. The Morgan fingerprint density at radius 1 is 1.11 bits per heavy atom. The van der Waals surface area contributed by atoms with Gasteiger partial charge >= 0.3 is 16.3 Å². The van der Waals surface area contributed by atoms with Crippen molar-refractivity contribution in [2.75, 3.05) is 13.2 Å². The summed E-state index contributed by atoms with van der Waals surface area (Å²) in [7, 11) is -4.11. The third kappa shape index (κ3) is 4.86. The first-order valence-corrected chi connectivity index (χ1v) is 9.74. The van der Waals surface area contributed by atoms with E-state index in [4.69, 9.17) is 9.84 Å². The fraction of sp³-hybridized carbons (Fsp3) is 0.211. The van der Waals surface area contributed by atoms with Gasteiger partial charge < -0.3 is 9.84 Å². The number of benzene rings is 2. The maximum Gasteiger partial charge on any atom is 0.422 e. The van der Waals surface area contributed by atoms with Crippen LogP contribution in [0.5, 0.6) is 0 Å². The van der Waals surface area contributed by atoms with Crippen molar-refractivity contribution in [3.05, 3.63) is 70.8 Å². The predicted octanol–water partition coefficient (Wildman–Crippen LogP) is 1.24. The minimum Gasteiger partial charge on any atom is -0.440 e. The molecule has 2 aromatic carbocycles. The molecule has 1 aliphatic rings. The average molecular weight is 386 g/mol. The van der Waals surface area contributed by atoms with Crippen LogP contribution < -0.4 is 9.44 Å². The summed E-state index contributed by atoms with van der Waals surface area (Å²) in [6, 6.07) is 14.8. The zero-order valence-corrected chi connectivity index (χ0v) is 15.1. The lowest BCUT2D eigenvalue weighted by molar-refractivity contribution is 0.102. The van der Waals surface area contributed by atoms with Crippen LogP contribution in [0.1, 0.15) is 28.4 Å². The number of nitrogens with one attached hydrogen (secondary N) is 2. The van der Waals surface area contributed by atoms with Gasteiger partial charge in [0.15, 0.2) is 0 Å². The van der Waals surface area contributed by atoms with E-state index in [0.29, 0.717) is 17.5 Å². The number of rotatable bonds is 5. The van der Waals surface area contributed by atoms with Crippen LogP contribution in [0.25, 0.3) is 0 Å². The quantitative estimate of drug-likeness (QED) is 0.671. The highest BCUT2D eigenvalue weighted by Crippen LogP contribution is 2.28. The molecule has 0 radical (unpaired) electrons. The molecule has 1 unspecified atom stereocenters. The third-order valence-electron chi connectivity index (χ3n) is 3.93. The van der Waals surface area contributed by atoms with E-state index in [1.165, 1.54) is 0 Å². The highest BCUT2D eigenvalue weighted by atomic mass is 32.2. The van der Waals surface area contributed by atoms with Crippen LogP contribution in [0.15, 0.2) is 48.5 Å². The van der Waals surface area contributed by atoms with E-state index in [1.807, 2.05) is 47.2 Å². The molecule has 0 bridgehead atoms. The van der Waals surface area contributed by atoms with Gasteiger partial charge in [0.25, 0.3) is 0 Å². The van der Waals surface area contributed by atoms with E-state index in [0.717, 1.165) is 11.1 Å². The van der Waals surface area contributed by atoms with Crippen molar-refractivity contribution in [2.24, 2.45) is 0 Å². The van der Waals surface area contributed by atoms with Gasteiger partial charge in [0, 0.05) is 29.7 Å². The number of hydrogen-bond acceptors (Lipinski definition) is 5. The Hall–Kier alpha value is -2.86. The predicted molar refractivity (Wildman–Crippen MR) is 98.9 cm³/mol. The zero-order chi connectivity index (χ0) is 19.3. The molecular formula is C19H18N2O5S. The van der Waals surface area contributed by atoms with Crippen molar-refractivity contribution in [3.8, 4) is 11.8 Å². The molecule has 0 saturated carbocycles. The SMILES string of the molecule is O=C(NS(=O)(=O)NCCO)OC1Cc2ccccc2C#Cc2ccccc21. The topological polar surface area (TPSA) is 105 Å². The summed E-state index contributed by atoms with van der Waals surface area (Å²) in [5, 5.41) is 8.70. The normalized spacial score (nSPS) is 15.2. The molecule has 1 aliphatic carbocycles. The second-order valence-electron chi connectivity index (χ2n) is 5.82. The van der Waals surface area contributed by atoms with Crippen LogP contribution >= 0.6 is 0 Å². The van der Waals surface area contributed by atoms with Crippen molar-refractivity contribution >= 4 is 16.3 Å². The van der Waals surface area contributed by atoms with Gasteiger partial charge in [0.2, 0.25) is 0 Å². The first-order chi connectivity index (χ1) is 13.0. The summed E-state index contributed by atoms with van der Waals surface area (Å²) in [4.78, 5) is 12.2. The molecule has 0 saturated heterocycles. The lowest BCUT2D eigenvalue weighted by Crippen LogP contribution is -2.42. The van der Waals surface area contributed by atoms with Crippen molar-refractivity contribution in [2.45, 2.75) is 12.5 Å². The number of fused-ring (bicyclic) bond motifs is 2. The van der Waals surface area contributed by atoms with E-state index in [2.05, 4.69) is 11.8 Å². The smallest absolute Gasteiger partial charge is 0.422 e. The second-order valence-corrected chi connectivity index (χ2v) is 7.32. The van der Waals surface area contributed by atoms with Crippen molar-refractivity contribution in [1.82, 2.24) is 9.44 Å². The Bertz CT molecular complexity index is 1010. The van der Waals surface area contributed by atoms with Gasteiger partial charge in [0.05, 0.1) is 6.61 Å². The molecule has 0 heterocycles. The van der Waals surface area contributed by atoms with E-state index in [1.54, 1.807) is 10.8 Å². The minimum absolute atomic E-state index is 0.210. The van der Waals surface area contributed by atoms with Crippen LogP contribution in [-0.2, 0) is 21.4 Å². The summed E-state index contributed by atoms with van der Waals surface area (Å²) in [5.74, 6) is 6.20. The molecule has 3 rings (SSSR count). The van der Waals surface area contributed by atoms with E-state index in [9.17, 15) is 13.2 Å². The van der Waals surface area contributed by atoms with Gasteiger partial charge in [-0.1, -0.05) is 48.2 Å². The number of aliphatic hydroxyl groups is 1. The van der Waals surface area contributed by atoms with Crippen LogP contribution in [0.2, 0.25) is 0 Å². The maximum atomic E-state index is 12.2. The summed E-state index contributed by atoms with van der Waals surface area (Å²) in [6.45, 7) is -0.598. The molecule has 140 valence electrons. The second kappa shape index (κ2) is 8.22. The van der Waals surface area contributed by atoms with E-state index < -0.39 is 22.4 Å². The number of amides is 1. The zero-order valence-electron chi connectivity index (χ0n) is 14.3. The molecule has 0 spiro atoms. The molecule has 2 aromatic rings. The van der Waals surface area contributed by atoms with Gasteiger partial charge in [-0.15, -0.1) is 0 Å². The van der Waals surface area contributed by atoms with Crippen LogP contribution in [0.3, 0.4) is 0 Å². The van der Waals surface area contributed by atoms with Crippen molar-refractivity contribution < 1.29 is 23.1 Å². The number of aliphatic hydroxyl groups excluding tert-OH is 1. The van der Waals surface area contributed by atoms with Crippen molar-refractivity contribution in [3.63, 3.8) is 0 Å². The first kappa shape index (κ1) is 18.9. The fourth-order valence-electron chi connectivity index (χ4n) is 2.74. The molecule has 1 amide bonds. The Balaban J connectivity index is 1.87. The summed E-state index contributed by atoms with van der Waals surface area (Å²) in [6.07, 6.45) is -1.45. The van der Waals surface area contributed by atoms with Gasteiger partial charge in [-0.3, -0.25) is 0 Å². The molecular weight excluding hydrogens is 368 g/mol. The minimum atomic E-state index is -4.11. The van der Waals surface area contributed by atoms with E-state index >= 15 is 0 Å². The third-order valence-corrected chi connectivity index (χ3v) is 4.95. The molecule has 3 N–H and O–H groups in total. The Morgan fingerprint density at radius 2 is 1.78 bits per heavy atom. The fourth-order valence-corrected chi connectivity index (χ4v) is 3.44. The largest absolute Gasteiger partial charge is 0.440 e. The van der Waals surface area contributed by atoms with Gasteiger partial charge in [-0.2, -0.15) is 13.1 Å². The Labute approximate surface area is 157 Å². The molecule has 27 heavy (non-hydrogen) atoms. The van der Waals surface area contributed by atoms with Crippen molar-refractivity contribution in [1.29, 1.82) is 0 Å². The highest BCUT2D eigenvalue weighted by Gasteiger charge is 2.24. The number of hydrogen-bond donors (Lipinski definition) is 3. The average Bonchev–Trinajstić information content (AvgIpc) is 2.63. The number of carbonyl (C=O) groups is 1. The van der Waals surface area contributed by atoms with Gasteiger partial charge in [-0.05, 0) is 17.7 Å². The Morgan fingerprint density at radius 3 is 2.56 bits per heavy atom. The lowest BCUT2D eigenvalue weighted by Gasteiger charge is -2.22. The molecule has 8 heteroatoms. The lowest BCUT2D eigenvalue weighted by atomic mass is 9.92. The van der Waals surface area contributed by atoms with Crippen LogP contribution in [0, 0.1) is 11.8 Å². The monoisotopic (exact) mass is 386 g/mol. The molecule has 0 aromatic heterocycles. The summed E-state index contributed by atoms with van der Waals surface area (Å²) >= 11 is 0. The maximum absolute atomic E-state index is 12.2. The molecule has 0 aliphatic heterocycles. The summed E-state index contributed by atoms with van der Waals surface area (Å²) < 4.78 is 32.7. The van der Waals surface area contributed by atoms with Crippen LogP contribution in [-0.4, -0.2) is 32.8 Å². The van der Waals surface area contributed by atoms with E-state index in [-0.39, 0.29) is 13.2 Å². The Kier molecular flexibility index (Phi) is 5.76. The standard InChI is InChI=1S/C19H18N2O5S/c22-12-11-20-27(24,25)21-19(23)26-18-13-16-7-2-1-5-14(16)9-10-15-6-3-4-8-17(15)18/h1-8,18,20,22H,11-13H2,(H,21,23). The van der Waals surface area contributed by atoms with Gasteiger partial charge in [0.1, 0.15) is 6.10 Å². The number of ether oxygens (including phenoxy) is 1. The molecule has 1 atom stereocenters.